The lowest BCUT2D eigenvalue weighted by Gasteiger charge is -2.31. The average molecular weight is 269 g/mol. The number of thiazole rings is 1. The molecule has 0 saturated carbocycles. The van der Waals surface area contributed by atoms with Crippen LogP contribution in [0.5, 0.6) is 0 Å². The molecule has 1 aromatic rings. The van der Waals surface area contributed by atoms with Crippen molar-refractivity contribution in [2.75, 3.05) is 13.1 Å². The van der Waals surface area contributed by atoms with Crippen molar-refractivity contribution in [3.05, 3.63) is 16.1 Å². The Labute approximate surface area is 111 Å². The van der Waals surface area contributed by atoms with Gasteiger partial charge in [0.15, 0.2) is 0 Å². The Hall–Kier alpha value is -1.14. The van der Waals surface area contributed by atoms with Gasteiger partial charge in [0.2, 0.25) is 0 Å². The smallest absolute Gasteiger partial charge is 0.318 e. The van der Waals surface area contributed by atoms with E-state index < -0.39 is 0 Å². The van der Waals surface area contributed by atoms with Gasteiger partial charge in [-0.25, -0.2) is 9.78 Å². The summed E-state index contributed by atoms with van der Waals surface area (Å²) >= 11 is 1.58. The maximum atomic E-state index is 12.0. The van der Waals surface area contributed by atoms with Crippen molar-refractivity contribution in [2.24, 2.45) is 0 Å². The van der Waals surface area contributed by atoms with Crippen molar-refractivity contribution in [1.82, 2.24) is 15.2 Å². The molecule has 2 N–H and O–H groups in total. The molecule has 2 heterocycles. The summed E-state index contributed by atoms with van der Waals surface area (Å²) < 4.78 is 0. The molecule has 0 bridgehead atoms. The number of hydrogen-bond donors (Lipinski definition) is 2. The van der Waals surface area contributed by atoms with Gasteiger partial charge < -0.3 is 15.3 Å². The molecule has 2 amide bonds. The van der Waals surface area contributed by atoms with Crippen LogP contribution in [0.2, 0.25) is 0 Å². The van der Waals surface area contributed by atoms with Crippen LogP contribution in [-0.2, 0) is 0 Å². The highest BCUT2D eigenvalue weighted by Crippen LogP contribution is 2.17. The van der Waals surface area contributed by atoms with E-state index in [0.717, 1.165) is 23.5 Å². The first-order valence-electron chi connectivity index (χ1n) is 6.22. The van der Waals surface area contributed by atoms with Crippen molar-refractivity contribution >= 4 is 17.4 Å². The number of nitrogens with one attached hydrogen (secondary N) is 1. The topological polar surface area (TPSA) is 65.5 Å². The third-order valence-electron chi connectivity index (χ3n) is 3.10. The van der Waals surface area contributed by atoms with Crippen LogP contribution in [0.4, 0.5) is 4.79 Å². The number of carbonyl (C=O) groups excluding carboxylic acids is 1. The molecule has 1 aliphatic heterocycles. The third-order valence-corrected chi connectivity index (χ3v) is 3.90. The Morgan fingerprint density at radius 1 is 1.72 bits per heavy atom. The number of piperidine rings is 1. The molecule has 18 heavy (non-hydrogen) atoms. The molecule has 1 saturated heterocycles. The van der Waals surface area contributed by atoms with Crippen LogP contribution >= 0.6 is 11.3 Å². The number of hydrogen-bond acceptors (Lipinski definition) is 4. The van der Waals surface area contributed by atoms with Crippen LogP contribution < -0.4 is 5.32 Å². The first-order valence-corrected chi connectivity index (χ1v) is 7.09. The van der Waals surface area contributed by atoms with Crippen molar-refractivity contribution in [3.63, 3.8) is 0 Å². The van der Waals surface area contributed by atoms with Gasteiger partial charge in [-0.15, -0.1) is 11.3 Å². The van der Waals surface area contributed by atoms with E-state index in [9.17, 15) is 9.90 Å². The molecular formula is C12H19N3O2S. The summed E-state index contributed by atoms with van der Waals surface area (Å²) in [5.74, 6) is 0. The van der Waals surface area contributed by atoms with Gasteiger partial charge in [-0.05, 0) is 26.7 Å². The Balaban J connectivity index is 1.90. The zero-order valence-corrected chi connectivity index (χ0v) is 11.5. The molecule has 0 unspecified atom stereocenters. The highest BCUT2D eigenvalue weighted by Gasteiger charge is 2.23. The molecule has 0 aliphatic carbocycles. The molecule has 100 valence electrons. The molecule has 5 nitrogen and oxygen atoms in total. The molecule has 2 atom stereocenters. The van der Waals surface area contributed by atoms with Gasteiger partial charge in [-0.2, -0.15) is 0 Å². The van der Waals surface area contributed by atoms with E-state index in [4.69, 9.17) is 0 Å². The largest absolute Gasteiger partial charge is 0.391 e. The number of aryl methyl sites for hydroxylation is 1. The molecule has 1 fully saturated rings. The summed E-state index contributed by atoms with van der Waals surface area (Å²) in [4.78, 5) is 18.0. The first kappa shape index (κ1) is 13.3. The minimum Gasteiger partial charge on any atom is -0.391 e. The van der Waals surface area contributed by atoms with Gasteiger partial charge in [0.1, 0.15) is 0 Å². The Morgan fingerprint density at radius 3 is 3.11 bits per heavy atom. The van der Waals surface area contributed by atoms with Crippen LogP contribution in [0, 0.1) is 6.92 Å². The average Bonchev–Trinajstić information content (AvgIpc) is 2.76. The number of aliphatic hydroxyl groups excluding tert-OH is 1. The monoisotopic (exact) mass is 269 g/mol. The normalized spacial score (nSPS) is 21.7. The van der Waals surface area contributed by atoms with E-state index in [1.165, 1.54) is 0 Å². The summed E-state index contributed by atoms with van der Waals surface area (Å²) in [6.07, 6.45) is 1.25. The number of β-amino-alcohol motifs (C(OH)–C–C–N with tert-alkyl or cyclic N) is 1. The standard InChI is InChI=1S/C12H19N3O2S/c1-8(11-7-18-9(2)14-11)13-12(17)15-5-3-4-10(16)6-15/h7-8,10,16H,3-6H2,1-2H3,(H,13,17)/t8-,10-/m0/s1. The molecule has 0 radical (unpaired) electrons. The van der Waals surface area contributed by atoms with Crippen molar-refractivity contribution in [2.45, 2.75) is 38.8 Å². The van der Waals surface area contributed by atoms with Crippen LogP contribution in [-0.4, -0.2) is 40.2 Å². The maximum absolute atomic E-state index is 12.0. The van der Waals surface area contributed by atoms with E-state index in [2.05, 4.69) is 10.3 Å². The Bertz CT molecular complexity index is 421. The van der Waals surface area contributed by atoms with Gasteiger partial charge in [-0.3, -0.25) is 0 Å². The maximum Gasteiger partial charge on any atom is 0.318 e. The fourth-order valence-corrected chi connectivity index (χ4v) is 2.77. The number of aromatic nitrogens is 1. The number of rotatable bonds is 2. The second-order valence-corrected chi connectivity index (χ2v) is 5.77. The minimum atomic E-state index is -0.388. The number of carbonyl (C=O) groups is 1. The van der Waals surface area contributed by atoms with Crippen LogP contribution in [0.3, 0.4) is 0 Å². The molecule has 1 aromatic heterocycles. The van der Waals surface area contributed by atoms with E-state index >= 15 is 0 Å². The molecule has 1 aliphatic rings. The predicted octanol–water partition coefficient (Wildman–Crippen LogP) is 1.68. The predicted molar refractivity (Wildman–Crippen MR) is 70.6 cm³/mol. The number of amides is 2. The van der Waals surface area contributed by atoms with Crippen LogP contribution in [0.1, 0.15) is 36.5 Å². The summed E-state index contributed by atoms with van der Waals surface area (Å²) in [5.41, 5.74) is 0.892. The van der Waals surface area contributed by atoms with Crippen molar-refractivity contribution < 1.29 is 9.90 Å². The van der Waals surface area contributed by atoms with Gasteiger partial charge >= 0.3 is 6.03 Å². The second kappa shape index (κ2) is 5.67. The van der Waals surface area contributed by atoms with Gasteiger partial charge in [-0.1, -0.05) is 0 Å². The summed E-state index contributed by atoms with van der Waals surface area (Å²) in [7, 11) is 0. The van der Waals surface area contributed by atoms with E-state index in [1.54, 1.807) is 16.2 Å². The lowest BCUT2D eigenvalue weighted by atomic mass is 10.1. The minimum absolute atomic E-state index is 0.0958. The summed E-state index contributed by atoms with van der Waals surface area (Å²) in [6.45, 7) is 5.01. The van der Waals surface area contributed by atoms with Crippen molar-refractivity contribution in [1.29, 1.82) is 0 Å². The fraction of sp³-hybridized carbons (Fsp3) is 0.667. The SMILES string of the molecule is Cc1nc([C@H](C)NC(=O)N2CCC[C@H](O)C2)cs1. The third kappa shape index (κ3) is 3.20. The zero-order valence-electron chi connectivity index (χ0n) is 10.7. The zero-order chi connectivity index (χ0) is 13.1. The van der Waals surface area contributed by atoms with E-state index in [1.807, 2.05) is 19.2 Å². The summed E-state index contributed by atoms with van der Waals surface area (Å²) in [5, 5.41) is 15.4. The highest BCUT2D eigenvalue weighted by atomic mass is 32.1. The van der Waals surface area contributed by atoms with Crippen LogP contribution in [0.15, 0.2) is 5.38 Å². The molecule has 6 heteroatoms. The number of urea groups is 1. The Morgan fingerprint density at radius 2 is 2.50 bits per heavy atom. The first-order chi connectivity index (χ1) is 8.56. The van der Waals surface area contributed by atoms with E-state index in [0.29, 0.717) is 13.1 Å². The highest BCUT2D eigenvalue weighted by molar-refractivity contribution is 7.09. The summed E-state index contributed by atoms with van der Waals surface area (Å²) in [6, 6.07) is -0.214. The van der Waals surface area contributed by atoms with Gasteiger partial charge in [0, 0.05) is 18.5 Å². The Kier molecular flexibility index (Phi) is 4.19. The van der Waals surface area contributed by atoms with Crippen molar-refractivity contribution in [3.8, 4) is 0 Å². The van der Waals surface area contributed by atoms with Gasteiger partial charge in [0.25, 0.3) is 0 Å². The molecular weight excluding hydrogens is 250 g/mol. The number of nitrogens with zero attached hydrogens (tertiary/aromatic N) is 2. The number of aliphatic hydroxyl groups is 1. The van der Waals surface area contributed by atoms with Crippen LogP contribution in [0.25, 0.3) is 0 Å². The van der Waals surface area contributed by atoms with E-state index in [-0.39, 0.29) is 18.2 Å². The lowest BCUT2D eigenvalue weighted by molar-refractivity contribution is 0.0834. The number of likely N-dealkylation sites (tertiary alicyclic amines) is 1. The van der Waals surface area contributed by atoms with Gasteiger partial charge in [0.05, 0.1) is 22.8 Å². The fourth-order valence-electron chi connectivity index (χ4n) is 2.07. The molecule has 0 aromatic carbocycles. The lowest BCUT2D eigenvalue weighted by Crippen LogP contribution is -2.47. The quantitative estimate of drug-likeness (QED) is 0.858. The molecule has 2 rings (SSSR count). The molecule has 0 spiro atoms. The second-order valence-electron chi connectivity index (χ2n) is 4.70.